The molecule has 2 amide bonds. The van der Waals surface area contributed by atoms with Crippen molar-refractivity contribution < 1.29 is 9.59 Å². The number of amides is 2. The van der Waals surface area contributed by atoms with E-state index < -0.39 is 0 Å². The zero-order valence-corrected chi connectivity index (χ0v) is 16.9. The molecule has 2 aromatic rings. The molecule has 3 N–H and O–H groups in total. The van der Waals surface area contributed by atoms with Gasteiger partial charge in [-0.15, -0.1) is 0 Å². The van der Waals surface area contributed by atoms with Gasteiger partial charge in [-0.25, -0.2) is 0 Å². The third-order valence-corrected chi connectivity index (χ3v) is 5.43. The summed E-state index contributed by atoms with van der Waals surface area (Å²) in [5.41, 5.74) is 9.12. The number of benzene rings is 1. The highest BCUT2D eigenvalue weighted by Crippen LogP contribution is 2.21. The molecule has 150 valence electrons. The summed E-state index contributed by atoms with van der Waals surface area (Å²) in [7, 11) is 1.84. The molecule has 7 heteroatoms. The lowest BCUT2D eigenvalue weighted by molar-refractivity contribution is -0.123. The minimum atomic E-state index is -0.226. The van der Waals surface area contributed by atoms with Crippen molar-refractivity contribution in [3.8, 4) is 0 Å². The van der Waals surface area contributed by atoms with Crippen molar-refractivity contribution in [1.29, 1.82) is 0 Å². The number of anilines is 1. The van der Waals surface area contributed by atoms with Crippen molar-refractivity contribution >= 4 is 17.6 Å². The molecular formula is C21H29N5O2. The molecule has 7 nitrogen and oxygen atoms in total. The summed E-state index contributed by atoms with van der Waals surface area (Å²) >= 11 is 0. The predicted molar refractivity (Wildman–Crippen MR) is 109 cm³/mol. The second-order valence-electron chi connectivity index (χ2n) is 7.52. The molecule has 0 saturated carbocycles. The van der Waals surface area contributed by atoms with Gasteiger partial charge in [0.2, 0.25) is 5.91 Å². The van der Waals surface area contributed by atoms with Crippen LogP contribution in [0.1, 0.15) is 46.9 Å². The molecule has 28 heavy (non-hydrogen) atoms. The highest BCUT2D eigenvalue weighted by molar-refractivity contribution is 6.04. The first-order chi connectivity index (χ1) is 13.4. The van der Waals surface area contributed by atoms with Crippen molar-refractivity contribution in [2.45, 2.75) is 39.7 Å². The molecule has 1 aromatic carbocycles. The normalized spacial score (nSPS) is 17.5. The molecule has 3 rings (SSSR count). The first kappa shape index (κ1) is 20.1. The Labute approximate surface area is 165 Å². The van der Waals surface area contributed by atoms with Crippen molar-refractivity contribution in [2.24, 2.45) is 18.7 Å². The largest absolute Gasteiger partial charge is 0.369 e. The van der Waals surface area contributed by atoms with Crippen molar-refractivity contribution in [2.75, 3.05) is 18.4 Å². The molecule has 0 bridgehead atoms. The van der Waals surface area contributed by atoms with E-state index in [2.05, 4.69) is 22.2 Å². The number of aromatic nitrogens is 2. The number of piperidine rings is 1. The summed E-state index contributed by atoms with van der Waals surface area (Å²) in [4.78, 5) is 26.5. The van der Waals surface area contributed by atoms with E-state index in [1.807, 2.05) is 38.2 Å². The topological polar surface area (TPSA) is 93.2 Å². The van der Waals surface area contributed by atoms with Gasteiger partial charge in [0.1, 0.15) is 5.82 Å². The van der Waals surface area contributed by atoms with Crippen LogP contribution < -0.4 is 11.1 Å². The number of likely N-dealkylation sites (tertiary alicyclic amines) is 1. The van der Waals surface area contributed by atoms with Crippen molar-refractivity contribution in [3.63, 3.8) is 0 Å². The van der Waals surface area contributed by atoms with E-state index in [9.17, 15) is 9.59 Å². The number of carbonyl (C=O) groups is 2. The zero-order valence-electron chi connectivity index (χ0n) is 16.9. The Morgan fingerprint density at radius 1 is 1.36 bits per heavy atom. The molecule has 0 aliphatic carbocycles. The second-order valence-corrected chi connectivity index (χ2v) is 7.52. The maximum atomic E-state index is 12.8. The van der Waals surface area contributed by atoms with Gasteiger partial charge in [0, 0.05) is 31.3 Å². The predicted octanol–water partition coefficient (Wildman–Crippen LogP) is 2.24. The van der Waals surface area contributed by atoms with Crippen LogP contribution in [0.15, 0.2) is 24.3 Å². The number of rotatable bonds is 6. The minimum absolute atomic E-state index is 0.0826. The van der Waals surface area contributed by atoms with Gasteiger partial charge in [-0.1, -0.05) is 19.1 Å². The fraction of sp³-hybridized carbons (Fsp3) is 0.476. The molecule has 1 aromatic heterocycles. The number of nitrogens with zero attached hydrogens (tertiary/aromatic N) is 3. The van der Waals surface area contributed by atoms with E-state index in [0.717, 1.165) is 48.4 Å². The first-order valence-corrected chi connectivity index (χ1v) is 9.83. The van der Waals surface area contributed by atoms with Crippen LogP contribution in [0.25, 0.3) is 0 Å². The molecule has 1 atom stereocenters. The fourth-order valence-corrected chi connectivity index (χ4v) is 3.96. The standard InChI is InChI=1S/C21H29N5O2/c1-4-18-14(2)24-25(3)20(18)23-21(28)16-8-5-7-15(11-16)12-26-10-6-9-17(13-26)19(22)27/h5,7-8,11,17H,4,6,9-10,12-13H2,1-3H3,(H2,22,27)(H,23,28). The monoisotopic (exact) mass is 383 g/mol. The average molecular weight is 383 g/mol. The number of nitrogens with one attached hydrogen (secondary N) is 1. The molecule has 1 fully saturated rings. The van der Waals surface area contributed by atoms with Gasteiger partial charge in [-0.2, -0.15) is 5.10 Å². The zero-order chi connectivity index (χ0) is 20.3. The summed E-state index contributed by atoms with van der Waals surface area (Å²) in [5, 5.41) is 7.41. The fourth-order valence-electron chi connectivity index (χ4n) is 3.96. The summed E-state index contributed by atoms with van der Waals surface area (Å²) in [6, 6.07) is 7.64. The van der Waals surface area contributed by atoms with Crippen molar-refractivity contribution in [3.05, 3.63) is 46.6 Å². The van der Waals surface area contributed by atoms with Crippen LogP contribution in [0, 0.1) is 12.8 Å². The van der Waals surface area contributed by atoms with Gasteiger partial charge in [-0.05, 0) is 50.4 Å². The highest BCUT2D eigenvalue weighted by atomic mass is 16.2. The highest BCUT2D eigenvalue weighted by Gasteiger charge is 2.24. The second kappa shape index (κ2) is 8.56. The Hall–Kier alpha value is -2.67. The number of primary amides is 1. The Kier molecular flexibility index (Phi) is 6.14. The molecule has 0 radical (unpaired) electrons. The molecule has 0 spiro atoms. The summed E-state index contributed by atoms with van der Waals surface area (Å²) in [5.74, 6) is 0.292. The quantitative estimate of drug-likeness (QED) is 0.800. The van der Waals surface area contributed by atoms with Gasteiger partial charge in [0.25, 0.3) is 5.91 Å². The molecule has 2 heterocycles. The number of aryl methyl sites for hydroxylation is 2. The summed E-state index contributed by atoms with van der Waals surface area (Å²) in [6.45, 7) is 6.33. The van der Waals surface area contributed by atoms with Gasteiger partial charge in [-0.3, -0.25) is 19.2 Å². The average Bonchev–Trinajstić information content (AvgIpc) is 2.94. The molecular weight excluding hydrogens is 354 g/mol. The maximum Gasteiger partial charge on any atom is 0.256 e. The van der Waals surface area contributed by atoms with E-state index in [1.54, 1.807) is 4.68 Å². The Morgan fingerprint density at radius 3 is 2.86 bits per heavy atom. The van der Waals surface area contributed by atoms with Gasteiger partial charge < -0.3 is 11.1 Å². The van der Waals surface area contributed by atoms with E-state index in [-0.39, 0.29) is 17.7 Å². The maximum absolute atomic E-state index is 12.8. The summed E-state index contributed by atoms with van der Waals surface area (Å²) in [6.07, 6.45) is 2.64. The van der Waals surface area contributed by atoms with Crippen LogP contribution in [0.5, 0.6) is 0 Å². The van der Waals surface area contributed by atoms with E-state index in [1.165, 1.54) is 0 Å². The number of hydrogen-bond acceptors (Lipinski definition) is 4. The Bertz CT molecular complexity index is 874. The van der Waals surface area contributed by atoms with E-state index in [4.69, 9.17) is 5.73 Å². The number of nitrogens with two attached hydrogens (primary N) is 1. The van der Waals surface area contributed by atoms with Gasteiger partial charge in [0.15, 0.2) is 0 Å². The molecule has 1 unspecified atom stereocenters. The molecule has 1 aliphatic heterocycles. The van der Waals surface area contributed by atoms with Crippen LogP contribution >= 0.6 is 0 Å². The Balaban J connectivity index is 1.71. The third-order valence-electron chi connectivity index (χ3n) is 5.43. The molecule has 1 aliphatic rings. The smallest absolute Gasteiger partial charge is 0.256 e. The van der Waals surface area contributed by atoms with Crippen LogP contribution in [-0.2, 0) is 24.8 Å². The van der Waals surface area contributed by atoms with Crippen LogP contribution in [-0.4, -0.2) is 39.6 Å². The number of carbonyl (C=O) groups excluding carboxylic acids is 2. The summed E-state index contributed by atoms with van der Waals surface area (Å²) < 4.78 is 1.72. The van der Waals surface area contributed by atoms with E-state index >= 15 is 0 Å². The lowest BCUT2D eigenvalue weighted by Crippen LogP contribution is -2.40. The van der Waals surface area contributed by atoms with Crippen molar-refractivity contribution in [1.82, 2.24) is 14.7 Å². The van der Waals surface area contributed by atoms with Gasteiger partial charge in [0.05, 0.1) is 11.6 Å². The van der Waals surface area contributed by atoms with Crippen LogP contribution in [0.2, 0.25) is 0 Å². The Morgan fingerprint density at radius 2 is 2.14 bits per heavy atom. The first-order valence-electron chi connectivity index (χ1n) is 9.83. The van der Waals surface area contributed by atoms with E-state index in [0.29, 0.717) is 18.7 Å². The lowest BCUT2D eigenvalue weighted by Gasteiger charge is -2.31. The lowest BCUT2D eigenvalue weighted by atomic mass is 9.97. The minimum Gasteiger partial charge on any atom is -0.369 e. The van der Waals surface area contributed by atoms with Gasteiger partial charge >= 0.3 is 0 Å². The van der Waals surface area contributed by atoms with Crippen LogP contribution in [0.4, 0.5) is 5.82 Å². The SMILES string of the molecule is CCc1c(C)nn(C)c1NC(=O)c1cccc(CN2CCCC(C(N)=O)C2)c1. The number of hydrogen-bond donors (Lipinski definition) is 2. The molecule has 1 saturated heterocycles. The third kappa shape index (κ3) is 4.42. The van der Waals surface area contributed by atoms with Crippen LogP contribution in [0.3, 0.4) is 0 Å².